The van der Waals surface area contributed by atoms with E-state index in [-0.39, 0.29) is 11.3 Å². The Morgan fingerprint density at radius 1 is 1.29 bits per heavy atom. The van der Waals surface area contributed by atoms with Gasteiger partial charge in [-0.25, -0.2) is 8.42 Å². The summed E-state index contributed by atoms with van der Waals surface area (Å²) < 4.78 is 23.6. The third-order valence-corrected chi connectivity index (χ3v) is 7.99. The molecule has 0 radical (unpaired) electrons. The molecule has 0 spiro atoms. The van der Waals surface area contributed by atoms with Gasteiger partial charge in [0.15, 0.2) is 0 Å². The van der Waals surface area contributed by atoms with E-state index in [4.69, 9.17) is 5.73 Å². The number of thioether (sulfide) groups is 1. The third kappa shape index (κ3) is 3.30. The molecule has 0 saturated heterocycles. The van der Waals surface area contributed by atoms with Gasteiger partial charge in [0, 0.05) is 22.4 Å². The zero-order chi connectivity index (χ0) is 15.0. The molecule has 1 aromatic carbocycles. The lowest BCUT2D eigenvalue weighted by Crippen LogP contribution is -2.43. The minimum absolute atomic E-state index is 0.0898. The Morgan fingerprint density at radius 3 is 2.76 bits per heavy atom. The number of fused-ring (bicyclic) bond motifs is 1. The first kappa shape index (κ1) is 15.4. The Bertz CT molecular complexity index is 589. The monoisotopic (exact) mass is 325 g/mol. The van der Waals surface area contributed by atoms with Gasteiger partial charge in [0.2, 0.25) is 0 Å². The molecule has 1 heterocycles. The fraction of sp³-hybridized carbons (Fsp3) is 0.625. The molecule has 1 saturated carbocycles. The standard InChI is InChI=1S/C16H23NO2S2/c1-21(18,19)13-7-4-6-12(9-13)16(17)15-10-11-5-2-3-8-14(11)20-15/h2-3,5,8,12-13,15-16H,4,6-7,9-10,17H2,1H3. The number of rotatable bonds is 3. The van der Waals surface area contributed by atoms with Crippen LogP contribution in [-0.4, -0.2) is 31.2 Å². The average Bonchev–Trinajstić information content (AvgIpc) is 2.89. The molecule has 1 aliphatic carbocycles. The zero-order valence-electron chi connectivity index (χ0n) is 12.4. The van der Waals surface area contributed by atoms with E-state index in [2.05, 4.69) is 24.3 Å². The van der Waals surface area contributed by atoms with E-state index in [0.717, 1.165) is 32.1 Å². The van der Waals surface area contributed by atoms with Crippen molar-refractivity contribution in [3.8, 4) is 0 Å². The molecule has 1 aromatic rings. The molecule has 1 aliphatic heterocycles. The normalized spacial score (nSPS) is 30.9. The highest BCUT2D eigenvalue weighted by atomic mass is 32.2. The molecule has 4 unspecified atom stereocenters. The molecule has 3 nitrogen and oxygen atoms in total. The second-order valence-electron chi connectivity index (χ2n) is 6.42. The van der Waals surface area contributed by atoms with Crippen LogP contribution in [0.25, 0.3) is 0 Å². The minimum atomic E-state index is -2.93. The topological polar surface area (TPSA) is 60.2 Å². The van der Waals surface area contributed by atoms with Gasteiger partial charge in [-0.05, 0) is 43.2 Å². The minimum Gasteiger partial charge on any atom is -0.326 e. The number of benzene rings is 1. The Hall–Kier alpha value is -0.520. The molecule has 21 heavy (non-hydrogen) atoms. The first-order valence-corrected chi connectivity index (χ1v) is 10.5. The molecular formula is C16H23NO2S2. The predicted molar refractivity (Wildman–Crippen MR) is 88.4 cm³/mol. The molecular weight excluding hydrogens is 302 g/mol. The maximum Gasteiger partial charge on any atom is 0.150 e. The lowest BCUT2D eigenvalue weighted by Gasteiger charge is -2.34. The van der Waals surface area contributed by atoms with Gasteiger partial charge in [-0.1, -0.05) is 24.6 Å². The van der Waals surface area contributed by atoms with Gasteiger partial charge < -0.3 is 5.73 Å². The van der Waals surface area contributed by atoms with Crippen LogP contribution in [0.5, 0.6) is 0 Å². The number of hydrogen-bond donors (Lipinski definition) is 1. The van der Waals surface area contributed by atoms with Crippen molar-refractivity contribution in [1.82, 2.24) is 0 Å². The largest absolute Gasteiger partial charge is 0.326 e. The molecule has 0 amide bonds. The van der Waals surface area contributed by atoms with Crippen molar-refractivity contribution in [2.24, 2.45) is 11.7 Å². The molecule has 5 heteroatoms. The Balaban J connectivity index is 1.68. The Kier molecular flexibility index (Phi) is 4.35. The van der Waals surface area contributed by atoms with Crippen molar-refractivity contribution in [2.75, 3.05) is 6.26 Å². The first-order chi connectivity index (χ1) is 9.95. The smallest absolute Gasteiger partial charge is 0.150 e. The summed E-state index contributed by atoms with van der Waals surface area (Å²) in [5.74, 6) is 0.338. The summed E-state index contributed by atoms with van der Waals surface area (Å²) >= 11 is 1.87. The van der Waals surface area contributed by atoms with Crippen molar-refractivity contribution in [3.05, 3.63) is 29.8 Å². The summed E-state index contributed by atoms with van der Waals surface area (Å²) in [6.07, 6.45) is 5.99. The van der Waals surface area contributed by atoms with Gasteiger partial charge in [-0.15, -0.1) is 11.8 Å². The van der Waals surface area contributed by atoms with E-state index in [1.54, 1.807) is 0 Å². The summed E-state index contributed by atoms with van der Waals surface area (Å²) in [5, 5.41) is 0.210. The van der Waals surface area contributed by atoms with Gasteiger partial charge in [0.1, 0.15) is 9.84 Å². The molecule has 4 atom stereocenters. The van der Waals surface area contributed by atoms with Crippen molar-refractivity contribution in [2.45, 2.75) is 53.5 Å². The fourth-order valence-corrected chi connectivity index (χ4v) is 6.27. The van der Waals surface area contributed by atoms with Crippen LogP contribution < -0.4 is 5.73 Å². The van der Waals surface area contributed by atoms with E-state index in [1.807, 2.05) is 11.8 Å². The van der Waals surface area contributed by atoms with Gasteiger partial charge in [-0.2, -0.15) is 0 Å². The predicted octanol–water partition coefficient (Wildman–Crippen LogP) is 2.63. The van der Waals surface area contributed by atoms with Crippen LogP contribution in [-0.2, 0) is 16.3 Å². The zero-order valence-corrected chi connectivity index (χ0v) is 14.0. The number of nitrogens with two attached hydrogens (primary N) is 1. The quantitative estimate of drug-likeness (QED) is 0.928. The van der Waals surface area contributed by atoms with Crippen molar-refractivity contribution < 1.29 is 8.42 Å². The summed E-state index contributed by atoms with van der Waals surface area (Å²) in [6.45, 7) is 0. The molecule has 1 fully saturated rings. The highest BCUT2D eigenvalue weighted by Crippen LogP contribution is 2.41. The average molecular weight is 325 g/mol. The SMILES string of the molecule is CS(=O)(=O)C1CCCC(C(N)C2Cc3ccccc3S2)C1. The Morgan fingerprint density at radius 2 is 2.05 bits per heavy atom. The first-order valence-electron chi connectivity index (χ1n) is 7.64. The maximum absolute atomic E-state index is 11.8. The molecule has 3 rings (SSSR count). The maximum atomic E-state index is 11.8. The van der Waals surface area contributed by atoms with E-state index in [1.165, 1.54) is 16.7 Å². The second-order valence-corrected chi connectivity index (χ2v) is 10.0. The summed E-state index contributed by atoms with van der Waals surface area (Å²) in [6, 6.07) is 8.57. The molecule has 116 valence electrons. The Labute approximate surface area is 131 Å². The van der Waals surface area contributed by atoms with Crippen LogP contribution in [0.4, 0.5) is 0 Å². The third-order valence-electron chi connectivity index (χ3n) is 4.92. The van der Waals surface area contributed by atoms with Gasteiger partial charge in [0.05, 0.1) is 5.25 Å². The van der Waals surface area contributed by atoms with E-state index in [0.29, 0.717) is 11.2 Å². The molecule has 2 N–H and O–H groups in total. The lowest BCUT2D eigenvalue weighted by molar-refractivity contribution is 0.301. The van der Waals surface area contributed by atoms with Crippen LogP contribution in [0.1, 0.15) is 31.2 Å². The van der Waals surface area contributed by atoms with Crippen LogP contribution in [0.3, 0.4) is 0 Å². The van der Waals surface area contributed by atoms with E-state index >= 15 is 0 Å². The molecule has 0 aromatic heterocycles. The van der Waals surface area contributed by atoms with Gasteiger partial charge in [0.25, 0.3) is 0 Å². The summed E-state index contributed by atoms with van der Waals surface area (Å²) in [4.78, 5) is 1.34. The summed E-state index contributed by atoms with van der Waals surface area (Å²) in [7, 11) is -2.93. The highest BCUT2D eigenvalue weighted by molar-refractivity contribution is 8.00. The van der Waals surface area contributed by atoms with Crippen LogP contribution in [0, 0.1) is 5.92 Å². The van der Waals surface area contributed by atoms with Crippen molar-refractivity contribution in [3.63, 3.8) is 0 Å². The molecule has 2 aliphatic rings. The van der Waals surface area contributed by atoms with Crippen LogP contribution in [0.2, 0.25) is 0 Å². The lowest BCUT2D eigenvalue weighted by atomic mass is 9.82. The van der Waals surface area contributed by atoms with Gasteiger partial charge >= 0.3 is 0 Å². The number of hydrogen-bond acceptors (Lipinski definition) is 4. The van der Waals surface area contributed by atoms with Crippen LogP contribution >= 0.6 is 11.8 Å². The van der Waals surface area contributed by atoms with E-state index < -0.39 is 9.84 Å². The number of sulfone groups is 1. The van der Waals surface area contributed by atoms with Gasteiger partial charge in [-0.3, -0.25) is 0 Å². The fourth-order valence-electron chi connectivity index (χ4n) is 3.65. The summed E-state index contributed by atoms with van der Waals surface area (Å²) in [5.41, 5.74) is 7.91. The highest BCUT2D eigenvalue weighted by Gasteiger charge is 2.37. The van der Waals surface area contributed by atoms with Crippen molar-refractivity contribution in [1.29, 1.82) is 0 Å². The van der Waals surface area contributed by atoms with E-state index in [9.17, 15) is 8.42 Å². The van der Waals surface area contributed by atoms with Crippen molar-refractivity contribution >= 4 is 21.6 Å². The van der Waals surface area contributed by atoms with Crippen LogP contribution in [0.15, 0.2) is 29.2 Å². The molecule has 0 bridgehead atoms. The second kappa shape index (κ2) is 5.94.